The molecule has 3 unspecified atom stereocenters. The van der Waals surface area contributed by atoms with Gasteiger partial charge in [0, 0.05) is 15.5 Å². The molecule has 1 N–H and O–H groups in total. The van der Waals surface area contributed by atoms with Gasteiger partial charge in [0.2, 0.25) is 0 Å². The van der Waals surface area contributed by atoms with Crippen molar-refractivity contribution in [1.82, 2.24) is 0 Å². The maximum absolute atomic E-state index is 6.19. The lowest BCUT2D eigenvalue weighted by molar-refractivity contribution is 0.439. The van der Waals surface area contributed by atoms with E-state index in [1.165, 1.54) is 25.7 Å². The molecule has 2 aliphatic carbocycles. The van der Waals surface area contributed by atoms with Gasteiger partial charge in [0.25, 0.3) is 0 Å². The van der Waals surface area contributed by atoms with Crippen LogP contribution in [-0.2, 0) is 0 Å². The van der Waals surface area contributed by atoms with E-state index in [4.69, 9.17) is 11.6 Å². The van der Waals surface area contributed by atoms with Gasteiger partial charge in [-0.3, -0.25) is 0 Å². The van der Waals surface area contributed by atoms with E-state index in [-0.39, 0.29) is 0 Å². The van der Waals surface area contributed by atoms with Gasteiger partial charge in [-0.15, -0.1) is 0 Å². The minimum atomic E-state index is 0.656. The van der Waals surface area contributed by atoms with Crippen LogP contribution in [0.2, 0.25) is 5.02 Å². The van der Waals surface area contributed by atoms with Gasteiger partial charge in [-0.05, 0) is 71.6 Å². The highest BCUT2D eigenvalue weighted by Crippen LogP contribution is 2.46. The molecule has 3 atom stereocenters. The molecule has 3 rings (SSSR count). The Labute approximate surface area is 116 Å². The molecule has 2 fully saturated rings. The smallest absolute Gasteiger partial charge is 0.0502 e. The Morgan fingerprint density at radius 2 is 2.12 bits per heavy atom. The average molecular weight is 315 g/mol. The van der Waals surface area contributed by atoms with Crippen molar-refractivity contribution in [3.63, 3.8) is 0 Å². The first kappa shape index (κ1) is 11.9. The molecule has 3 heteroatoms. The topological polar surface area (TPSA) is 12.0 Å². The van der Waals surface area contributed by atoms with E-state index in [0.717, 1.165) is 32.6 Å². The Balaban J connectivity index is 1.79. The molecule has 1 aromatic rings. The molecular formula is C14H17BrClN. The fourth-order valence-corrected chi connectivity index (χ4v) is 4.11. The Kier molecular flexibility index (Phi) is 3.12. The second-order valence-electron chi connectivity index (χ2n) is 5.51. The Bertz CT molecular complexity index is 446. The third-order valence-corrected chi connectivity index (χ3v) is 5.39. The molecule has 0 spiro atoms. The van der Waals surface area contributed by atoms with Crippen LogP contribution in [0.3, 0.4) is 0 Å². The molecule has 92 valence electrons. The summed E-state index contributed by atoms with van der Waals surface area (Å²) in [5.41, 5.74) is 2.27. The SMILES string of the molecule is Cc1cc(Br)c(NC2CC3CCC2C3)cc1Cl. The molecule has 17 heavy (non-hydrogen) atoms. The number of hydrogen-bond acceptors (Lipinski definition) is 1. The van der Waals surface area contributed by atoms with E-state index in [1.54, 1.807) is 0 Å². The first-order chi connectivity index (χ1) is 8.13. The van der Waals surface area contributed by atoms with Crippen LogP contribution in [0.4, 0.5) is 5.69 Å². The van der Waals surface area contributed by atoms with Gasteiger partial charge in [0.05, 0.1) is 5.69 Å². The Morgan fingerprint density at radius 3 is 2.76 bits per heavy atom. The lowest BCUT2D eigenvalue weighted by atomic mass is 9.95. The predicted octanol–water partition coefficient (Wildman–Crippen LogP) is 5.01. The fourth-order valence-electron chi connectivity index (χ4n) is 3.38. The highest BCUT2D eigenvalue weighted by atomic mass is 79.9. The van der Waals surface area contributed by atoms with Gasteiger partial charge in [-0.25, -0.2) is 0 Å². The summed E-state index contributed by atoms with van der Waals surface area (Å²) in [5.74, 6) is 1.85. The number of fused-ring (bicyclic) bond motifs is 2. The van der Waals surface area contributed by atoms with Crippen molar-refractivity contribution in [2.75, 3.05) is 5.32 Å². The second-order valence-corrected chi connectivity index (χ2v) is 6.77. The molecule has 0 saturated heterocycles. The van der Waals surface area contributed by atoms with Gasteiger partial charge < -0.3 is 5.32 Å². The zero-order valence-corrected chi connectivity index (χ0v) is 12.3. The molecule has 2 saturated carbocycles. The summed E-state index contributed by atoms with van der Waals surface area (Å²) in [7, 11) is 0. The van der Waals surface area contributed by atoms with Crippen molar-refractivity contribution >= 4 is 33.2 Å². The number of hydrogen-bond donors (Lipinski definition) is 1. The molecular weight excluding hydrogens is 298 g/mol. The van der Waals surface area contributed by atoms with E-state index in [9.17, 15) is 0 Å². The summed E-state index contributed by atoms with van der Waals surface area (Å²) in [6.07, 6.45) is 5.61. The van der Waals surface area contributed by atoms with Crippen LogP contribution in [0.15, 0.2) is 16.6 Å². The van der Waals surface area contributed by atoms with E-state index in [2.05, 4.69) is 27.3 Å². The quantitative estimate of drug-likeness (QED) is 0.809. The van der Waals surface area contributed by atoms with Crippen LogP contribution in [0.1, 0.15) is 31.2 Å². The van der Waals surface area contributed by atoms with Crippen molar-refractivity contribution in [3.8, 4) is 0 Å². The zero-order valence-electron chi connectivity index (χ0n) is 9.97. The minimum Gasteiger partial charge on any atom is -0.381 e. The van der Waals surface area contributed by atoms with Crippen LogP contribution in [-0.4, -0.2) is 6.04 Å². The van der Waals surface area contributed by atoms with Crippen LogP contribution < -0.4 is 5.32 Å². The third kappa shape index (κ3) is 2.22. The molecule has 0 radical (unpaired) electrons. The van der Waals surface area contributed by atoms with Crippen molar-refractivity contribution in [2.24, 2.45) is 11.8 Å². The molecule has 2 bridgehead atoms. The molecule has 1 nitrogen and oxygen atoms in total. The molecule has 1 aromatic carbocycles. The van der Waals surface area contributed by atoms with Gasteiger partial charge in [0.1, 0.15) is 0 Å². The maximum Gasteiger partial charge on any atom is 0.0502 e. The summed E-state index contributed by atoms with van der Waals surface area (Å²) >= 11 is 9.81. The lowest BCUT2D eigenvalue weighted by Crippen LogP contribution is -2.26. The molecule has 0 heterocycles. The summed E-state index contributed by atoms with van der Waals surface area (Å²) in [5, 5.41) is 4.52. The standard InChI is InChI=1S/C14H17BrClN/c1-8-4-11(15)14(7-12(8)16)17-13-6-9-2-3-10(13)5-9/h4,7,9-10,13,17H,2-3,5-6H2,1H3. The molecule has 2 aliphatic rings. The minimum absolute atomic E-state index is 0.656. The Hall–Kier alpha value is -0.210. The number of aryl methyl sites for hydroxylation is 1. The van der Waals surface area contributed by atoms with E-state index >= 15 is 0 Å². The third-order valence-electron chi connectivity index (χ3n) is 4.33. The number of rotatable bonds is 2. The molecule has 0 aliphatic heterocycles. The monoisotopic (exact) mass is 313 g/mol. The maximum atomic E-state index is 6.19. The van der Waals surface area contributed by atoms with Crippen LogP contribution >= 0.6 is 27.5 Å². The van der Waals surface area contributed by atoms with Crippen LogP contribution in [0, 0.1) is 18.8 Å². The number of halogens is 2. The summed E-state index contributed by atoms with van der Waals surface area (Å²) in [4.78, 5) is 0. The van der Waals surface area contributed by atoms with E-state index in [0.29, 0.717) is 6.04 Å². The van der Waals surface area contributed by atoms with E-state index in [1.807, 2.05) is 13.0 Å². The highest BCUT2D eigenvalue weighted by Gasteiger charge is 2.39. The number of benzene rings is 1. The average Bonchev–Trinajstić information content (AvgIpc) is 2.87. The van der Waals surface area contributed by atoms with Crippen molar-refractivity contribution in [2.45, 2.75) is 38.6 Å². The normalized spacial score (nSPS) is 30.9. The second kappa shape index (κ2) is 4.47. The van der Waals surface area contributed by atoms with E-state index < -0.39 is 0 Å². The van der Waals surface area contributed by atoms with Crippen molar-refractivity contribution < 1.29 is 0 Å². The first-order valence-corrected chi connectivity index (χ1v) is 7.53. The van der Waals surface area contributed by atoms with Crippen molar-refractivity contribution in [1.29, 1.82) is 0 Å². The van der Waals surface area contributed by atoms with Crippen LogP contribution in [0.5, 0.6) is 0 Å². The van der Waals surface area contributed by atoms with Gasteiger partial charge in [-0.1, -0.05) is 18.0 Å². The lowest BCUT2D eigenvalue weighted by Gasteiger charge is -2.25. The largest absolute Gasteiger partial charge is 0.381 e. The summed E-state index contributed by atoms with van der Waals surface area (Å²) < 4.78 is 1.13. The number of nitrogens with one attached hydrogen (secondary N) is 1. The highest BCUT2D eigenvalue weighted by molar-refractivity contribution is 9.10. The summed E-state index contributed by atoms with van der Waals surface area (Å²) in [6.45, 7) is 2.04. The predicted molar refractivity (Wildman–Crippen MR) is 76.7 cm³/mol. The van der Waals surface area contributed by atoms with Gasteiger partial charge in [0.15, 0.2) is 0 Å². The number of anilines is 1. The fraction of sp³-hybridized carbons (Fsp3) is 0.571. The Morgan fingerprint density at radius 1 is 1.29 bits per heavy atom. The first-order valence-electron chi connectivity index (χ1n) is 6.35. The molecule has 0 amide bonds. The zero-order chi connectivity index (χ0) is 12.0. The van der Waals surface area contributed by atoms with Crippen LogP contribution in [0.25, 0.3) is 0 Å². The van der Waals surface area contributed by atoms with Gasteiger partial charge in [-0.2, -0.15) is 0 Å². The van der Waals surface area contributed by atoms with Gasteiger partial charge >= 0.3 is 0 Å². The molecule has 0 aromatic heterocycles. The van der Waals surface area contributed by atoms with Crippen molar-refractivity contribution in [3.05, 3.63) is 27.2 Å². The summed E-state index contributed by atoms with van der Waals surface area (Å²) in [6, 6.07) is 4.80.